The van der Waals surface area contributed by atoms with Gasteiger partial charge in [-0.15, -0.1) is 21.5 Å². The van der Waals surface area contributed by atoms with Crippen molar-refractivity contribution >= 4 is 37.1 Å². The number of rotatable bonds is 7. The Bertz CT molecular complexity index is 1990. The predicted octanol–water partition coefficient (Wildman–Crippen LogP) is 6.65. The van der Waals surface area contributed by atoms with E-state index < -0.39 is 39.4 Å². The number of aromatic nitrogens is 3. The Morgan fingerprint density at radius 1 is 1.07 bits per heavy atom. The van der Waals surface area contributed by atoms with Crippen molar-refractivity contribution < 1.29 is 35.1 Å². The van der Waals surface area contributed by atoms with E-state index in [1.807, 2.05) is 0 Å². The number of aryl methyl sites for hydroxylation is 3. The summed E-state index contributed by atoms with van der Waals surface area (Å²) in [5.74, 6) is -1.95. The van der Waals surface area contributed by atoms with Gasteiger partial charge in [-0.1, -0.05) is 0 Å². The number of hydrogen-bond donors (Lipinski definition) is 1. The minimum Gasteiger partial charge on any atom is -0.456 e. The van der Waals surface area contributed by atoms with Crippen LogP contribution in [0.4, 0.5) is 23.2 Å². The average Bonchev–Trinajstić information content (AvgIpc) is 3.57. The fourth-order valence-electron chi connectivity index (χ4n) is 4.30. The fraction of sp³-hybridized carbons (Fsp3) is 0.222. The summed E-state index contributed by atoms with van der Waals surface area (Å²) in [6.07, 6.45) is -3.34. The summed E-state index contributed by atoms with van der Waals surface area (Å²) < 4.78 is 93.1. The molecule has 0 aliphatic heterocycles. The average molecular weight is 623 g/mol. The third kappa shape index (κ3) is 5.61. The number of hydrogen-bond acceptors (Lipinski definition) is 8. The molecule has 0 aliphatic carbocycles. The van der Waals surface area contributed by atoms with Gasteiger partial charge in [0.2, 0.25) is 10.0 Å². The molecule has 0 fully saturated rings. The summed E-state index contributed by atoms with van der Waals surface area (Å²) in [4.78, 5) is 13.2. The van der Waals surface area contributed by atoms with Gasteiger partial charge in [-0.25, -0.2) is 12.8 Å². The highest BCUT2D eigenvalue weighted by Gasteiger charge is 2.38. The van der Waals surface area contributed by atoms with Crippen molar-refractivity contribution in [3.05, 3.63) is 75.8 Å². The van der Waals surface area contributed by atoms with E-state index in [0.29, 0.717) is 32.7 Å². The molecule has 9 nitrogen and oxygen atoms in total. The number of alkyl halides is 3. The number of benzene rings is 2. The smallest absolute Gasteiger partial charge is 0.456 e. The monoisotopic (exact) mass is 622 g/mol. The predicted molar refractivity (Wildman–Crippen MR) is 150 cm³/mol. The van der Waals surface area contributed by atoms with Crippen LogP contribution in [-0.2, 0) is 23.2 Å². The molecule has 0 bridgehead atoms. The number of fused-ring (bicyclic) bond motifs is 1. The minimum atomic E-state index is -4.85. The maximum atomic E-state index is 14.0. The lowest BCUT2D eigenvalue weighted by Gasteiger charge is -2.18. The lowest BCUT2D eigenvalue weighted by atomic mass is 10.0. The van der Waals surface area contributed by atoms with Crippen LogP contribution in [0.25, 0.3) is 32.0 Å². The van der Waals surface area contributed by atoms with E-state index in [4.69, 9.17) is 9.15 Å². The van der Waals surface area contributed by atoms with Crippen LogP contribution in [0.3, 0.4) is 0 Å². The molecule has 220 valence electrons. The summed E-state index contributed by atoms with van der Waals surface area (Å²) in [5.41, 5.74) is 1.54. The van der Waals surface area contributed by atoms with Gasteiger partial charge in [0.05, 0.1) is 20.7 Å². The van der Waals surface area contributed by atoms with E-state index in [9.17, 15) is 30.8 Å². The van der Waals surface area contributed by atoms with E-state index in [1.54, 1.807) is 13.8 Å². The number of thiophene rings is 1. The normalized spacial score (nSPS) is 12.2. The van der Waals surface area contributed by atoms with Crippen LogP contribution < -0.4 is 15.0 Å². The maximum absolute atomic E-state index is 14.0. The Labute approximate surface area is 240 Å². The highest BCUT2D eigenvalue weighted by molar-refractivity contribution is 7.92. The Morgan fingerprint density at radius 3 is 2.38 bits per heavy atom. The molecule has 3 heterocycles. The van der Waals surface area contributed by atoms with Crippen LogP contribution in [0.5, 0.6) is 11.5 Å². The van der Waals surface area contributed by atoms with Gasteiger partial charge in [0.15, 0.2) is 0 Å². The van der Waals surface area contributed by atoms with E-state index in [-0.39, 0.29) is 27.5 Å². The van der Waals surface area contributed by atoms with Crippen LogP contribution in [0.2, 0.25) is 0 Å². The van der Waals surface area contributed by atoms with Crippen molar-refractivity contribution in [2.24, 2.45) is 7.05 Å². The number of anilines is 1. The van der Waals surface area contributed by atoms with Gasteiger partial charge < -0.3 is 13.7 Å². The third-order valence-corrected chi connectivity index (χ3v) is 8.75. The van der Waals surface area contributed by atoms with Gasteiger partial charge in [-0.2, -0.15) is 13.2 Å². The first-order chi connectivity index (χ1) is 19.7. The summed E-state index contributed by atoms with van der Waals surface area (Å²) in [7, 11) is -2.17. The number of ether oxygens (including phenoxy) is 1. The molecule has 15 heteroatoms. The van der Waals surface area contributed by atoms with Crippen molar-refractivity contribution in [2.45, 2.75) is 26.9 Å². The number of nitrogens with one attached hydrogen (secondary N) is 1. The summed E-state index contributed by atoms with van der Waals surface area (Å²) in [6.45, 7) is 4.82. The van der Waals surface area contributed by atoms with Crippen molar-refractivity contribution in [1.82, 2.24) is 14.8 Å². The van der Waals surface area contributed by atoms with Crippen LogP contribution in [0, 0.1) is 19.7 Å². The highest BCUT2D eigenvalue weighted by atomic mass is 32.2. The largest absolute Gasteiger partial charge is 0.470 e. The van der Waals surface area contributed by atoms with Crippen molar-refractivity contribution in [1.29, 1.82) is 0 Å². The lowest BCUT2D eigenvalue weighted by Crippen LogP contribution is -2.16. The molecule has 42 heavy (non-hydrogen) atoms. The first kappa shape index (κ1) is 29.3. The molecule has 1 N–H and O–H groups in total. The number of pyridine rings is 1. The first-order valence-corrected chi connectivity index (χ1v) is 14.8. The van der Waals surface area contributed by atoms with Crippen LogP contribution in [0.15, 0.2) is 51.8 Å². The fourth-order valence-corrected chi connectivity index (χ4v) is 6.02. The van der Waals surface area contributed by atoms with Crippen LogP contribution in [-0.4, -0.2) is 28.9 Å². The van der Waals surface area contributed by atoms with Gasteiger partial charge in [0, 0.05) is 30.1 Å². The second-order valence-electron chi connectivity index (χ2n) is 9.41. The number of nitrogens with zero attached hydrogens (tertiary/aromatic N) is 3. The highest BCUT2D eigenvalue weighted by Crippen LogP contribution is 2.44. The molecule has 0 amide bonds. The molecule has 0 saturated heterocycles. The molecule has 5 rings (SSSR count). The third-order valence-electron chi connectivity index (χ3n) is 6.29. The van der Waals surface area contributed by atoms with Gasteiger partial charge in [-0.05, 0) is 68.3 Å². The SMILES string of the molecule is CCS(=O)(=O)Nc1ccc(Oc2c(C)cc(F)cc2C)c(-c2cn(C)c(=O)c3cc(-c4nnc(C(F)(F)F)o4)sc23)c1. The number of sulfonamides is 1. The lowest BCUT2D eigenvalue weighted by molar-refractivity contribution is -0.156. The molecule has 0 aliphatic rings. The molecule has 0 unspecified atom stereocenters. The minimum absolute atomic E-state index is 0.119. The second kappa shape index (κ2) is 10.5. The topological polar surface area (TPSA) is 116 Å². The van der Waals surface area contributed by atoms with E-state index >= 15 is 0 Å². The molecule has 0 spiro atoms. The maximum Gasteiger partial charge on any atom is 0.470 e. The Kier molecular flexibility index (Phi) is 7.35. The molecule has 3 aromatic heterocycles. The quantitative estimate of drug-likeness (QED) is 0.202. The zero-order chi connectivity index (χ0) is 30.6. The van der Waals surface area contributed by atoms with Gasteiger partial charge in [-0.3, -0.25) is 9.52 Å². The van der Waals surface area contributed by atoms with Gasteiger partial charge in [0.1, 0.15) is 17.3 Å². The number of halogens is 4. The van der Waals surface area contributed by atoms with Crippen LogP contribution >= 0.6 is 11.3 Å². The Balaban J connectivity index is 1.74. The van der Waals surface area contributed by atoms with E-state index in [2.05, 4.69) is 14.9 Å². The molecular formula is C27H22F4N4O5S2. The molecule has 0 saturated carbocycles. The molecule has 0 atom stereocenters. The zero-order valence-corrected chi connectivity index (χ0v) is 24.1. The second-order valence-corrected chi connectivity index (χ2v) is 12.5. The van der Waals surface area contributed by atoms with Crippen molar-refractivity contribution in [3.8, 4) is 33.4 Å². The van der Waals surface area contributed by atoms with Crippen molar-refractivity contribution in [2.75, 3.05) is 10.5 Å². The summed E-state index contributed by atoms with van der Waals surface area (Å²) in [5, 5.41) is 6.72. The Morgan fingerprint density at radius 2 is 1.76 bits per heavy atom. The van der Waals surface area contributed by atoms with E-state index in [1.165, 1.54) is 61.1 Å². The zero-order valence-electron chi connectivity index (χ0n) is 22.5. The van der Waals surface area contributed by atoms with E-state index in [0.717, 1.165) is 11.3 Å². The molecule has 0 radical (unpaired) electrons. The summed E-state index contributed by atoms with van der Waals surface area (Å²) >= 11 is 0.945. The molecule has 5 aromatic rings. The standard InChI is InChI=1S/C27H22F4N4O5S2/c1-5-42(37,38)34-16-6-7-20(39-22-13(2)8-15(28)9-14(22)3)17(10-16)19-12-35(4)25(36)18-11-21(41-23(18)19)24-32-33-26(40-24)27(29,30)31/h6-12,34H,5H2,1-4H3. The molecule has 2 aromatic carbocycles. The summed E-state index contributed by atoms with van der Waals surface area (Å²) in [6, 6.07) is 8.52. The molecular weight excluding hydrogens is 600 g/mol. The first-order valence-electron chi connectivity index (χ1n) is 12.3. The Hall–Kier alpha value is -4.24. The van der Waals surface area contributed by atoms with Crippen molar-refractivity contribution in [3.63, 3.8) is 0 Å². The van der Waals surface area contributed by atoms with Gasteiger partial charge in [0.25, 0.3) is 11.4 Å². The van der Waals surface area contributed by atoms with Crippen LogP contribution in [0.1, 0.15) is 23.9 Å². The van der Waals surface area contributed by atoms with Gasteiger partial charge >= 0.3 is 12.1 Å².